The molecule has 0 aliphatic heterocycles. The van der Waals surface area contributed by atoms with Crippen molar-refractivity contribution in [3.63, 3.8) is 0 Å². The Kier molecular flexibility index (Phi) is 5.78. The van der Waals surface area contributed by atoms with Crippen molar-refractivity contribution in [2.24, 2.45) is 0 Å². The predicted octanol–water partition coefficient (Wildman–Crippen LogP) is 3.94. The van der Waals surface area contributed by atoms with E-state index in [0.717, 1.165) is 17.3 Å². The van der Waals surface area contributed by atoms with Gasteiger partial charge in [0, 0.05) is 24.2 Å². The number of hydrogen-bond acceptors (Lipinski definition) is 1. The van der Waals surface area contributed by atoms with Crippen LogP contribution >= 0.6 is 0 Å². The van der Waals surface area contributed by atoms with Gasteiger partial charge in [-0.25, -0.2) is 0 Å². The lowest BCUT2D eigenvalue weighted by molar-refractivity contribution is -0.124. The molecule has 0 unspecified atom stereocenters. The molecular weight excluding hydrogens is 298 g/mol. The van der Waals surface area contributed by atoms with Crippen LogP contribution in [0.1, 0.15) is 11.1 Å². The van der Waals surface area contributed by atoms with Gasteiger partial charge in [-0.15, -0.1) is 0 Å². The minimum atomic E-state index is -1.41. The van der Waals surface area contributed by atoms with Crippen LogP contribution in [0, 0.1) is 11.8 Å². The zero-order chi connectivity index (χ0) is 16.7. The average Bonchev–Trinajstić information content (AvgIpc) is 2.53. The maximum Gasteiger partial charge on any atom is 0.298 e. The molecule has 1 amide bonds. The molecule has 2 nitrogen and oxygen atoms in total. The van der Waals surface area contributed by atoms with E-state index in [1.165, 1.54) is 0 Å². The van der Waals surface area contributed by atoms with Crippen LogP contribution in [-0.4, -0.2) is 25.0 Å². The quantitative estimate of drug-likeness (QED) is 0.617. The molecule has 0 heterocycles. The first kappa shape index (κ1) is 17.0. The largest absolute Gasteiger partial charge is 0.331 e. The molecule has 2 aromatic carbocycles. The zero-order valence-corrected chi connectivity index (χ0v) is 15.0. The summed E-state index contributed by atoms with van der Waals surface area (Å²) >= 11 is 0. The van der Waals surface area contributed by atoms with Crippen LogP contribution in [0.4, 0.5) is 0 Å². The van der Waals surface area contributed by atoms with Crippen molar-refractivity contribution >= 4 is 14.0 Å². The molecule has 2 aromatic rings. The molecule has 0 saturated carbocycles. The van der Waals surface area contributed by atoms with E-state index in [1.807, 2.05) is 53.4 Å². The highest BCUT2D eigenvalue weighted by atomic mass is 28.3. The monoisotopic (exact) mass is 321 g/mol. The van der Waals surface area contributed by atoms with E-state index < -0.39 is 8.07 Å². The molecule has 118 valence electrons. The summed E-state index contributed by atoms with van der Waals surface area (Å²) in [4.78, 5) is 14.5. The second kappa shape index (κ2) is 7.80. The first-order valence-electron chi connectivity index (χ1n) is 7.84. The third kappa shape index (κ3) is 6.13. The summed E-state index contributed by atoms with van der Waals surface area (Å²) in [7, 11) is -1.41. The molecule has 0 aliphatic rings. The molecular formula is C20H23NOSi. The summed E-state index contributed by atoms with van der Waals surface area (Å²) in [5, 5.41) is 0. The Morgan fingerprint density at radius 3 is 2.09 bits per heavy atom. The van der Waals surface area contributed by atoms with E-state index in [9.17, 15) is 4.79 Å². The van der Waals surface area contributed by atoms with Gasteiger partial charge in [-0.2, -0.15) is 0 Å². The van der Waals surface area contributed by atoms with E-state index in [1.54, 1.807) is 0 Å². The summed E-state index contributed by atoms with van der Waals surface area (Å²) in [5.41, 5.74) is 2.01. The zero-order valence-electron chi connectivity index (χ0n) is 14.0. The average molecular weight is 321 g/mol. The van der Waals surface area contributed by atoms with E-state index in [-0.39, 0.29) is 5.91 Å². The molecule has 0 aromatic heterocycles. The summed E-state index contributed by atoms with van der Waals surface area (Å²) in [6, 6.07) is 19.7. The normalized spacial score (nSPS) is 10.6. The molecule has 2 rings (SSSR count). The summed E-state index contributed by atoms with van der Waals surface area (Å²) < 4.78 is 0. The van der Waals surface area contributed by atoms with Crippen molar-refractivity contribution in [2.45, 2.75) is 26.2 Å². The molecule has 0 spiro atoms. The topological polar surface area (TPSA) is 20.3 Å². The van der Waals surface area contributed by atoms with Crippen LogP contribution in [-0.2, 0) is 11.3 Å². The second-order valence-electron chi connectivity index (χ2n) is 6.82. The Bertz CT molecular complexity index is 693. The Morgan fingerprint density at radius 2 is 1.52 bits per heavy atom. The molecule has 0 bridgehead atoms. The summed E-state index contributed by atoms with van der Waals surface area (Å²) in [5.74, 6) is 5.67. The first-order chi connectivity index (χ1) is 10.9. The van der Waals surface area contributed by atoms with Crippen LogP contribution < -0.4 is 0 Å². The van der Waals surface area contributed by atoms with Gasteiger partial charge in [0.15, 0.2) is 0 Å². The highest BCUT2D eigenvalue weighted by Crippen LogP contribution is 2.10. The SMILES string of the molecule is C[Si](C)(C)CN(Cc1ccccc1)C(=O)C#Cc1ccccc1. The first-order valence-corrected chi connectivity index (χ1v) is 11.5. The number of hydrogen-bond donors (Lipinski definition) is 0. The van der Waals surface area contributed by atoms with E-state index in [4.69, 9.17) is 0 Å². The van der Waals surface area contributed by atoms with Gasteiger partial charge in [0.2, 0.25) is 0 Å². The van der Waals surface area contributed by atoms with Crippen LogP contribution in [0.5, 0.6) is 0 Å². The lowest BCUT2D eigenvalue weighted by atomic mass is 10.2. The van der Waals surface area contributed by atoms with Crippen LogP contribution in [0.2, 0.25) is 19.6 Å². The molecule has 0 radical (unpaired) electrons. The minimum Gasteiger partial charge on any atom is -0.331 e. The lowest BCUT2D eigenvalue weighted by Gasteiger charge is -2.27. The number of amides is 1. The van der Waals surface area contributed by atoms with Gasteiger partial charge < -0.3 is 4.90 Å². The molecule has 0 atom stereocenters. The van der Waals surface area contributed by atoms with Crippen LogP contribution in [0.15, 0.2) is 60.7 Å². The lowest BCUT2D eigenvalue weighted by Crippen LogP contribution is -2.42. The molecule has 3 heteroatoms. The van der Waals surface area contributed by atoms with Crippen molar-refractivity contribution in [3.8, 4) is 11.8 Å². The van der Waals surface area contributed by atoms with Gasteiger partial charge in [-0.1, -0.05) is 74.1 Å². The van der Waals surface area contributed by atoms with Crippen molar-refractivity contribution in [1.82, 2.24) is 4.90 Å². The van der Waals surface area contributed by atoms with Gasteiger partial charge in [0.05, 0.1) is 8.07 Å². The Morgan fingerprint density at radius 1 is 0.957 bits per heavy atom. The van der Waals surface area contributed by atoms with Crippen molar-refractivity contribution < 1.29 is 4.79 Å². The fourth-order valence-corrected chi connectivity index (χ4v) is 3.70. The van der Waals surface area contributed by atoms with Crippen molar-refractivity contribution in [3.05, 3.63) is 71.8 Å². The van der Waals surface area contributed by atoms with Crippen molar-refractivity contribution in [1.29, 1.82) is 0 Å². The number of nitrogens with zero attached hydrogens (tertiary/aromatic N) is 1. The number of benzene rings is 2. The maximum atomic E-state index is 12.6. The third-order valence-electron chi connectivity index (χ3n) is 3.26. The number of carbonyl (C=O) groups excluding carboxylic acids is 1. The summed E-state index contributed by atoms with van der Waals surface area (Å²) in [6.07, 6.45) is 0.810. The smallest absolute Gasteiger partial charge is 0.298 e. The van der Waals surface area contributed by atoms with Crippen LogP contribution in [0.3, 0.4) is 0 Å². The van der Waals surface area contributed by atoms with E-state index in [2.05, 4.69) is 43.6 Å². The fraction of sp³-hybridized carbons (Fsp3) is 0.250. The Balaban J connectivity index is 2.16. The standard InChI is InChI=1S/C20H23NOSi/c1-23(2,3)17-21(16-19-12-8-5-9-13-19)20(22)15-14-18-10-6-4-7-11-18/h4-13H,16-17H2,1-3H3. The Labute approximate surface area is 140 Å². The van der Waals surface area contributed by atoms with Gasteiger partial charge in [-0.3, -0.25) is 4.79 Å². The van der Waals surface area contributed by atoms with Gasteiger partial charge in [0.1, 0.15) is 0 Å². The van der Waals surface area contributed by atoms with Gasteiger partial charge in [-0.05, 0) is 17.7 Å². The maximum absolute atomic E-state index is 12.6. The highest BCUT2D eigenvalue weighted by Gasteiger charge is 2.21. The number of rotatable bonds is 4. The second-order valence-corrected chi connectivity index (χ2v) is 12.3. The summed E-state index contributed by atoms with van der Waals surface area (Å²) in [6.45, 7) is 7.42. The molecule has 23 heavy (non-hydrogen) atoms. The highest BCUT2D eigenvalue weighted by molar-refractivity contribution is 6.76. The third-order valence-corrected chi connectivity index (χ3v) is 4.59. The molecule has 0 fully saturated rings. The minimum absolute atomic E-state index is 0.0971. The molecule has 0 saturated heterocycles. The van der Waals surface area contributed by atoms with E-state index in [0.29, 0.717) is 6.54 Å². The Hall–Kier alpha value is -2.31. The van der Waals surface area contributed by atoms with Crippen molar-refractivity contribution in [2.75, 3.05) is 6.17 Å². The fourth-order valence-electron chi connectivity index (χ4n) is 2.30. The van der Waals surface area contributed by atoms with Gasteiger partial charge >= 0.3 is 0 Å². The van der Waals surface area contributed by atoms with Crippen LogP contribution in [0.25, 0.3) is 0 Å². The predicted molar refractivity (Wildman–Crippen MR) is 98.5 cm³/mol. The van der Waals surface area contributed by atoms with Gasteiger partial charge in [0.25, 0.3) is 5.91 Å². The molecule has 0 N–H and O–H groups in total. The van der Waals surface area contributed by atoms with E-state index >= 15 is 0 Å². The molecule has 0 aliphatic carbocycles. The number of carbonyl (C=O) groups is 1.